The van der Waals surface area contributed by atoms with Crippen molar-refractivity contribution in [1.82, 2.24) is 4.72 Å². The predicted molar refractivity (Wildman–Crippen MR) is 84.4 cm³/mol. The molecule has 0 heterocycles. The molecular weight excluding hydrogens is 369 g/mol. The maximum Gasteiger partial charge on any atom is 0.339 e. The van der Waals surface area contributed by atoms with Crippen LogP contribution in [0.3, 0.4) is 0 Å². The molecule has 0 spiro atoms. The fraction of sp³-hybridized carbons (Fsp3) is 0.385. The molecule has 0 fully saturated rings. The van der Waals surface area contributed by atoms with Gasteiger partial charge in [0.25, 0.3) is 0 Å². The molecule has 0 saturated heterocycles. The zero-order chi connectivity index (χ0) is 17.9. The molecule has 0 aliphatic rings. The summed E-state index contributed by atoms with van der Waals surface area (Å²) in [5.74, 6) is -2.85. The van der Waals surface area contributed by atoms with Crippen LogP contribution in [0.4, 0.5) is 0 Å². The topological polar surface area (TPSA) is 110 Å². The van der Waals surface area contributed by atoms with Crippen molar-refractivity contribution in [3.63, 3.8) is 0 Å². The SMILES string of the molecule is COC(=O)c1cc(Cl)cc(Cl)c1S(=O)(=O)NC(C(=O)O)C(C)C. The van der Waals surface area contributed by atoms with Gasteiger partial charge in [-0.2, -0.15) is 4.72 Å². The number of sulfonamides is 1. The monoisotopic (exact) mass is 383 g/mol. The minimum absolute atomic E-state index is 0.0352. The van der Waals surface area contributed by atoms with E-state index in [2.05, 4.69) is 4.74 Å². The number of methoxy groups -OCH3 is 1. The number of ether oxygens (including phenoxy) is 1. The number of benzene rings is 1. The van der Waals surface area contributed by atoms with Gasteiger partial charge in [-0.3, -0.25) is 4.79 Å². The van der Waals surface area contributed by atoms with E-state index in [-0.39, 0.29) is 15.6 Å². The Morgan fingerprint density at radius 3 is 2.26 bits per heavy atom. The van der Waals surface area contributed by atoms with Gasteiger partial charge >= 0.3 is 11.9 Å². The molecule has 0 aliphatic carbocycles. The van der Waals surface area contributed by atoms with Crippen LogP contribution in [0.25, 0.3) is 0 Å². The van der Waals surface area contributed by atoms with Crippen LogP contribution in [0, 0.1) is 5.92 Å². The van der Waals surface area contributed by atoms with Crippen LogP contribution in [-0.4, -0.2) is 38.6 Å². The number of carboxylic acid groups (broad SMARTS) is 1. The van der Waals surface area contributed by atoms with Gasteiger partial charge in [-0.05, 0) is 18.1 Å². The Kier molecular flexibility index (Phi) is 6.41. The molecule has 1 aromatic carbocycles. The minimum atomic E-state index is -4.40. The Morgan fingerprint density at radius 2 is 1.83 bits per heavy atom. The summed E-state index contributed by atoms with van der Waals surface area (Å²) in [4.78, 5) is 22.4. The van der Waals surface area contributed by atoms with E-state index in [1.54, 1.807) is 0 Å². The molecule has 7 nitrogen and oxygen atoms in total. The fourth-order valence-corrected chi connectivity index (χ4v) is 4.16. The standard InChI is InChI=1S/C13H15Cl2NO6S/c1-6(2)10(12(17)18)16-23(20,21)11-8(13(19)22-3)4-7(14)5-9(11)15/h4-6,10,16H,1-3H3,(H,17,18). The summed E-state index contributed by atoms with van der Waals surface area (Å²) in [5, 5.41) is 8.83. The third kappa shape index (κ3) is 4.57. The average Bonchev–Trinajstić information content (AvgIpc) is 2.41. The lowest BCUT2D eigenvalue weighted by Gasteiger charge is -2.19. The Hall–Kier alpha value is -1.35. The largest absolute Gasteiger partial charge is 0.480 e. The molecule has 1 rings (SSSR count). The van der Waals surface area contributed by atoms with Crippen molar-refractivity contribution in [3.05, 3.63) is 27.7 Å². The molecule has 10 heteroatoms. The predicted octanol–water partition coefficient (Wildman–Crippen LogP) is 2.17. The molecule has 2 N–H and O–H groups in total. The van der Waals surface area contributed by atoms with Crippen molar-refractivity contribution >= 4 is 45.2 Å². The van der Waals surface area contributed by atoms with Crippen molar-refractivity contribution in [2.75, 3.05) is 7.11 Å². The van der Waals surface area contributed by atoms with Crippen LogP contribution >= 0.6 is 23.2 Å². The summed E-state index contributed by atoms with van der Waals surface area (Å²) in [5.41, 5.74) is -0.384. The minimum Gasteiger partial charge on any atom is -0.480 e. The summed E-state index contributed by atoms with van der Waals surface area (Å²) in [6.45, 7) is 3.07. The Labute approximate surface area is 143 Å². The zero-order valence-electron chi connectivity index (χ0n) is 12.5. The smallest absolute Gasteiger partial charge is 0.339 e. The lowest BCUT2D eigenvalue weighted by Crippen LogP contribution is -2.44. The molecule has 0 aromatic heterocycles. The first-order valence-electron chi connectivity index (χ1n) is 6.33. The number of hydrogen-bond acceptors (Lipinski definition) is 5. The number of carboxylic acids is 1. The van der Waals surface area contributed by atoms with E-state index in [0.29, 0.717) is 0 Å². The summed E-state index contributed by atoms with van der Waals surface area (Å²) in [6.07, 6.45) is 0. The Bertz CT molecular complexity index is 732. The van der Waals surface area contributed by atoms with E-state index in [1.165, 1.54) is 13.8 Å². The molecular formula is C13H15Cl2NO6S. The van der Waals surface area contributed by atoms with Crippen molar-refractivity contribution < 1.29 is 27.9 Å². The molecule has 0 saturated carbocycles. The van der Waals surface area contributed by atoms with Gasteiger partial charge < -0.3 is 9.84 Å². The molecule has 1 aromatic rings. The number of rotatable bonds is 6. The van der Waals surface area contributed by atoms with Crippen LogP contribution in [-0.2, 0) is 19.6 Å². The number of esters is 1. The van der Waals surface area contributed by atoms with Gasteiger partial charge in [0.05, 0.1) is 17.7 Å². The van der Waals surface area contributed by atoms with Crippen molar-refractivity contribution in [1.29, 1.82) is 0 Å². The fourth-order valence-electron chi connectivity index (χ4n) is 1.79. The van der Waals surface area contributed by atoms with Gasteiger partial charge in [-0.1, -0.05) is 37.0 Å². The highest BCUT2D eigenvalue weighted by Crippen LogP contribution is 2.30. The van der Waals surface area contributed by atoms with Gasteiger partial charge in [-0.25, -0.2) is 13.2 Å². The number of aliphatic carboxylic acids is 1. The Morgan fingerprint density at radius 1 is 1.26 bits per heavy atom. The highest BCUT2D eigenvalue weighted by Gasteiger charge is 2.33. The van der Waals surface area contributed by atoms with E-state index >= 15 is 0 Å². The molecule has 0 aliphatic heterocycles. The van der Waals surface area contributed by atoms with Gasteiger partial charge in [0.1, 0.15) is 10.9 Å². The maximum atomic E-state index is 12.5. The number of carbonyl (C=O) groups is 2. The molecule has 0 amide bonds. The summed E-state index contributed by atoms with van der Waals surface area (Å²) < 4.78 is 31.6. The van der Waals surface area contributed by atoms with Gasteiger partial charge in [0.2, 0.25) is 10.0 Å². The van der Waals surface area contributed by atoms with Crippen molar-refractivity contribution in [3.8, 4) is 0 Å². The molecule has 1 unspecified atom stereocenters. The lowest BCUT2D eigenvalue weighted by molar-refractivity contribution is -0.140. The zero-order valence-corrected chi connectivity index (χ0v) is 14.8. The van der Waals surface area contributed by atoms with Crippen molar-refractivity contribution in [2.24, 2.45) is 5.92 Å². The van der Waals surface area contributed by atoms with Gasteiger partial charge in [-0.15, -0.1) is 0 Å². The average molecular weight is 384 g/mol. The molecule has 128 valence electrons. The first kappa shape index (κ1) is 19.7. The third-order valence-electron chi connectivity index (χ3n) is 2.90. The molecule has 0 radical (unpaired) electrons. The second-order valence-electron chi connectivity index (χ2n) is 4.94. The number of halogens is 2. The quantitative estimate of drug-likeness (QED) is 0.728. The summed E-state index contributed by atoms with van der Waals surface area (Å²) in [6, 6.07) is 0.825. The van der Waals surface area contributed by atoms with Crippen LogP contribution in [0.5, 0.6) is 0 Å². The highest BCUT2D eigenvalue weighted by molar-refractivity contribution is 7.89. The van der Waals surface area contributed by atoms with Crippen LogP contribution in [0.1, 0.15) is 24.2 Å². The van der Waals surface area contributed by atoms with Crippen LogP contribution in [0.2, 0.25) is 10.0 Å². The van der Waals surface area contributed by atoms with Crippen LogP contribution < -0.4 is 4.72 Å². The van der Waals surface area contributed by atoms with Gasteiger partial charge in [0, 0.05) is 5.02 Å². The molecule has 23 heavy (non-hydrogen) atoms. The van der Waals surface area contributed by atoms with E-state index in [1.807, 2.05) is 4.72 Å². The van der Waals surface area contributed by atoms with Crippen LogP contribution in [0.15, 0.2) is 17.0 Å². The second kappa shape index (κ2) is 7.48. The van der Waals surface area contributed by atoms with E-state index in [0.717, 1.165) is 19.2 Å². The third-order valence-corrected chi connectivity index (χ3v) is 5.07. The normalized spacial score (nSPS) is 13.0. The second-order valence-corrected chi connectivity index (χ2v) is 7.43. The Balaban J connectivity index is 3.49. The first-order chi connectivity index (χ1) is 10.5. The first-order valence-corrected chi connectivity index (χ1v) is 8.57. The lowest BCUT2D eigenvalue weighted by atomic mass is 10.1. The van der Waals surface area contributed by atoms with E-state index in [4.69, 9.17) is 28.3 Å². The van der Waals surface area contributed by atoms with E-state index < -0.39 is 38.8 Å². The highest BCUT2D eigenvalue weighted by atomic mass is 35.5. The number of hydrogen-bond donors (Lipinski definition) is 2. The van der Waals surface area contributed by atoms with Gasteiger partial charge in [0.15, 0.2) is 0 Å². The summed E-state index contributed by atoms with van der Waals surface area (Å²) >= 11 is 11.7. The molecule has 0 bridgehead atoms. The van der Waals surface area contributed by atoms with E-state index in [9.17, 15) is 18.0 Å². The molecule has 1 atom stereocenters. The maximum absolute atomic E-state index is 12.5. The summed E-state index contributed by atoms with van der Waals surface area (Å²) in [7, 11) is -3.34. The van der Waals surface area contributed by atoms with Crippen molar-refractivity contribution in [2.45, 2.75) is 24.8 Å². The number of nitrogens with one attached hydrogen (secondary N) is 1. The number of carbonyl (C=O) groups excluding carboxylic acids is 1.